The fourth-order valence-corrected chi connectivity index (χ4v) is 2.79. The molecule has 0 aliphatic heterocycles. The van der Waals surface area contributed by atoms with E-state index in [1.165, 1.54) is 19.3 Å². The molecule has 1 aliphatic rings. The molecule has 1 aromatic rings. The van der Waals surface area contributed by atoms with Gasteiger partial charge >= 0.3 is 0 Å². The molecular formula is C16H25N3O. The molecule has 1 amide bonds. The van der Waals surface area contributed by atoms with Crippen molar-refractivity contribution in [2.45, 2.75) is 57.9 Å². The summed E-state index contributed by atoms with van der Waals surface area (Å²) in [7, 11) is 0. The van der Waals surface area contributed by atoms with E-state index in [0.717, 1.165) is 31.5 Å². The number of amides is 1. The monoisotopic (exact) mass is 275 g/mol. The summed E-state index contributed by atoms with van der Waals surface area (Å²) in [4.78, 5) is 16.6. The smallest absolute Gasteiger partial charge is 0.253 e. The molecule has 0 spiro atoms. The summed E-state index contributed by atoms with van der Waals surface area (Å²) in [5.74, 6) is 0.00963. The summed E-state index contributed by atoms with van der Waals surface area (Å²) in [6.45, 7) is 5.11. The fourth-order valence-electron chi connectivity index (χ4n) is 2.79. The third kappa shape index (κ3) is 3.71. The molecule has 4 nitrogen and oxygen atoms in total. The lowest BCUT2D eigenvalue weighted by Crippen LogP contribution is -2.47. The third-order valence-electron chi connectivity index (χ3n) is 4.00. The van der Waals surface area contributed by atoms with Gasteiger partial charge in [-0.1, -0.05) is 26.2 Å². The first-order valence-electron chi connectivity index (χ1n) is 7.65. The Morgan fingerprint density at radius 3 is 2.80 bits per heavy atom. The zero-order valence-corrected chi connectivity index (χ0v) is 12.5. The first kappa shape index (κ1) is 14.8. The summed E-state index contributed by atoms with van der Waals surface area (Å²) in [5, 5.41) is 6.49. The molecule has 0 bridgehead atoms. The number of nitrogens with zero attached hydrogens (tertiary/aromatic N) is 1. The minimum absolute atomic E-state index is 0.00963. The molecule has 20 heavy (non-hydrogen) atoms. The van der Waals surface area contributed by atoms with E-state index < -0.39 is 0 Å². The summed E-state index contributed by atoms with van der Waals surface area (Å²) in [6.07, 6.45) is 10.3. The van der Waals surface area contributed by atoms with Gasteiger partial charge in [-0.05, 0) is 32.3 Å². The molecule has 1 fully saturated rings. The van der Waals surface area contributed by atoms with Crippen molar-refractivity contribution in [3.05, 3.63) is 24.0 Å². The molecule has 0 saturated heterocycles. The number of anilines is 1. The lowest BCUT2D eigenvalue weighted by Gasteiger charge is -2.34. The Labute approximate surface area is 121 Å². The third-order valence-corrected chi connectivity index (χ3v) is 4.00. The van der Waals surface area contributed by atoms with Crippen LogP contribution in [0.1, 0.15) is 62.7 Å². The maximum absolute atomic E-state index is 12.5. The van der Waals surface area contributed by atoms with Gasteiger partial charge < -0.3 is 10.6 Å². The minimum Gasteiger partial charge on any atom is -0.383 e. The summed E-state index contributed by atoms with van der Waals surface area (Å²) in [6, 6.07) is 1.79. The second-order valence-electron chi connectivity index (χ2n) is 5.92. The van der Waals surface area contributed by atoms with Gasteiger partial charge in [0.1, 0.15) is 0 Å². The largest absolute Gasteiger partial charge is 0.383 e. The second-order valence-corrected chi connectivity index (χ2v) is 5.92. The molecule has 1 aliphatic carbocycles. The Balaban J connectivity index is 2.08. The lowest BCUT2D eigenvalue weighted by atomic mass is 9.83. The Kier molecular flexibility index (Phi) is 4.99. The Morgan fingerprint density at radius 2 is 2.10 bits per heavy atom. The molecule has 2 rings (SSSR count). The number of carbonyl (C=O) groups is 1. The predicted molar refractivity (Wildman–Crippen MR) is 82.0 cm³/mol. The minimum atomic E-state index is -0.0549. The van der Waals surface area contributed by atoms with Gasteiger partial charge in [-0.3, -0.25) is 9.78 Å². The standard InChI is InChI=1S/C16H25N3O/c1-3-10-18-14-12-17-11-7-13(14)15(20)19-16(2)8-5-4-6-9-16/h7,11-12,18H,3-6,8-10H2,1-2H3,(H,19,20). The van der Waals surface area contributed by atoms with E-state index in [9.17, 15) is 4.79 Å². The Hall–Kier alpha value is -1.58. The van der Waals surface area contributed by atoms with Crippen LogP contribution in [0, 0.1) is 0 Å². The number of aromatic nitrogens is 1. The van der Waals surface area contributed by atoms with Gasteiger partial charge in [-0.2, -0.15) is 0 Å². The maximum Gasteiger partial charge on any atom is 0.253 e. The van der Waals surface area contributed by atoms with E-state index in [0.29, 0.717) is 5.56 Å². The molecule has 1 saturated carbocycles. The van der Waals surface area contributed by atoms with E-state index >= 15 is 0 Å². The molecule has 4 heteroatoms. The van der Waals surface area contributed by atoms with E-state index in [2.05, 4.69) is 29.5 Å². The average Bonchev–Trinajstić information content (AvgIpc) is 2.45. The van der Waals surface area contributed by atoms with Gasteiger partial charge in [0.2, 0.25) is 0 Å². The van der Waals surface area contributed by atoms with E-state index in [-0.39, 0.29) is 11.4 Å². The van der Waals surface area contributed by atoms with Gasteiger partial charge in [0.25, 0.3) is 5.91 Å². The number of hydrogen-bond acceptors (Lipinski definition) is 3. The van der Waals surface area contributed by atoms with Crippen molar-refractivity contribution in [3.8, 4) is 0 Å². The zero-order chi connectivity index (χ0) is 14.4. The molecule has 0 aromatic carbocycles. The SMILES string of the molecule is CCCNc1cnccc1C(=O)NC1(C)CCCCC1. The van der Waals surface area contributed by atoms with Crippen LogP contribution in [0.25, 0.3) is 0 Å². The number of carbonyl (C=O) groups excluding carboxylic acids is 1. The second kappa shape index (κ2) is 6.73. The molecule has 1 aromatic heterocycles. The van der Waals surface area contributed by atoms with Crippen LogP contribution in [0.2, 0.25) is 0 Å². The van der Waals surface area contributed by atoms with E-state index in [4.69, 9.17) is 0 Å². The van der Waals surface area contributed by atoms with Crippen molar-refractivity contribution < 1.29 is 4.79 Å². The van der Waals surface area contributed by atoms with Gasteiger partial charge in [-0.25, -0.2) is 0 Å². The van der Waals surface area contributed by atoms with Crippen molar-refractivity contribution in [1.29, 1.82) is 0 Å². The van der Waals surface area contributed by atoms with Crippen LogP contribution in [-0.4, -0.2) is 23.0 Å². The summed E-state index contributed by atoms with van der Waals surface area (Å²) < 4.78 is 0. The number of nitrogens with one attached hydrogen (secondary N) is 2. The first-order valence-corrected chi connectivity index (χ1v) is 7.65. The average molecular weight is 275 g/mol. The predicted octanol–water partition coefficient (Wildman–Crippen LogP) is 3.36. The summed E-state index contributed by atoms with van der Waals surface area (Å²) >= 11 is 0. The normalized spacial score (nSPS) is 17.5. The number of rotatable bonds is 5. The van der Waals surface area contributed by atoms with Crippen LogP contribution in [0.15, 0.2) is 18.5 Å². The maximum atomic E-state index is 12.5. The molecule has 0 radical (unpaired) electrons. The molecule has 0 unspecified atom stereocenters. The fraction of sp³-hybridized carbons (Fsp3) is 0.625. The van der Waals surface area contributed by atoms with Gasteiger partial charge in [-0.15, -0.1) is 0 Å². The van der Waals surface area contributed by atoms with E-state index in [1.54, 1.807) is 18.5 Å². The van der Waals surface area contributed by atoms with Crippen molar-refractivity contribution >= 4 is 11.6 Å². The van der Waals surface area contributed by atoms with Crippen LogP contribution in [-0.2, 0) is 0 Å². The lowest BCUT2D eigenvalue weighted by molar-refractivity contribution is 0.0883. The zero-order valence-electron chi connectivity index (χ0n) is 12.5. The topological polar surface area (TPSA) is 54.0 Å². The molecular weight excluding hydrogens is 250 g/mol. The molecule has 0 atom stereocenters. The van der Waals surface area contributed by atoms with Crippen molar-refractivity contribution in [2.75, 3.05) is 11.9 Å². The van der Waals surface area contributed by atoms with Crippen molar-refractivity contribution in [1.82, 2.24) is 10.3 Å². The van der Waals surface area contributed by atoms with Crippen LogP contribution in [0.3, 0.4) is 0 Å². The number of pyridine rings is 1. The van der Waals surface area contributed by atoms with Crippen LogP contribution >= 0.6 is 0 Å². The van der Waals surface area contributed by atoms with Gasteiger partial charge in [0, 0.05) is 18.3 Å². The Morgan fingerprint density at radius 1 is 1.35 bits per heavy atom. The highest BCUT2D eigenvalue weighted by atomic mass is 16.1. The molecule has 1 heterocycles. The van der Waals surface area contributed by atoms with Crippen LogP contribution in [0.4, 0.5) is 5.69 Å². The van der Waals surface area contributed by atoms with Crippen LogP contribution in [0.5, 0.6) is 0 Å². The summed E-state index contributed by atoms with van der Waals surface area (Å²) in [5.41, 5.74) is 1.46. The van der Waals surface area contributed by atoms with E-state index in [1.807, 2.05) is 0 Å². The Bertz CT molecular complexity index is 453. The highest BCUT2D eigenvalue weighted by Crippen LogP contribution is 2.28. The number of hydrogen-bond donors (Lipinski definition) is 2. The van der Waals surface area contributed by atoms with Gasteiger partial charge in [0.15, 0.2) is 0 Å². The van der Waals surface area contributed by atoms with Crippen LogP contribution < -0.4 is 10.6 Å². The van der Waals surface area contributed by atoms with Crippen molar-refractivity contribution in [2.24, 2.45) is 0 Å². The highest BCUT2D eigenvalue weighted by Gasteiger charge is 2.29. The van der Waals surface area contributed by atoms with Gasteiger partial charge in [0.05, 0.1) is 17.4 Å². The first-order chi connectivity index (χ1) is 9.64. The highest BCUT2D eigenvalue weighted by molar-refractivity contribution is 5.99. The quantitative estimate of drug-likeness (QED) is 0.866. The molecule has 110 valence electrons. The molecule has 2 N–H and O–H groups in total. The van der Waals surface area contributed by atoms with Crippen molar-refractivity contribution in [3.63, 3.8) is 0 Å².